The van der Waals surface area contributed by atoms with Crippen LogP contribution in [0.3, 0.4) is 0 Å². The third-order valence-electron chi connectivity index (χ3n) is 3.76. The van der Waals surface area contributed by atoms with Gasteiger partial charge in [-0.05, 0) is 47.5 Å². The molecule has 2 aromatic carbocycles. The summed E-state index contributed by atoms with van der Waals surface area (Å²) in [5.74, 6) is -1.56. The van der Waals surface area contributed by atoms with E-state index in [9.17, 15) is 9.59 Å². The van der Waals surface area contributed by atoms with E-state index in [1.807, 2.05) is 12.1 Å². The lowest BCUT2D eigenvalue weighted by Gasteiger charge is -2.19. The lowest BCUT2D eigenvalue weighted by molar-refractivity contribution is 0.0696. The molecule has 0 fully saturated rings. The molecule has 27 heavy (non-hydrogen) atoms. The molecule has 1 amide bonds. The molecule has 0 aliphatic heterocycles. The Kier molecular flexibility index (Phi) is 6.46. The predicted molar refractivity (Wildman–Crippen MR) is 112 cm³/mol. The summed E-state index contributed by atoms with van der Waals surface area (Å²) in [5.41, 5.74) is 1.66. The molecule has 0 radical (unpaired) electrons. The van der Waals surface area contributed by atoms with Crippen molar-refractivity contribution in [3.63, 3.8) is 0 Å². The Balaban J connectivity index is 2.12. The number of thiocarbonyl (C=S) groups is 1. The molecule has 0 aliphatic carbocycles. The van der Waals surface area contributed by atoms with Crippen molar-refractivity contribution in [1.29, 1.82) is 0 Å². The monoisotopic (exact) mass is 424 g/mol. The molecule has 142 valence electrons. The van der Waals surface area contributed by atoms with Crippen LogP contribution < -0.4 is 10.6 Å². The van der Waals surface area contributed by atoms with Crippen LogP contribution in [0.5, 0.6) is 0 Å². The topological polar surface area (TPSA) is 78.4 Å². The maximum absolute atomic E-state index is 12.3. The van der Waals surface area contributed by atoms with Gasteiger partial charge in [-0.25, -0.2) is 4.79 Å². The number of carboxylic acids is 1. The van der Waals surface area contributed by atoms with E-state index in [1.54, 1.807) is 12.1 Å². The number of carboxylic acid groups (broad SMARTS) is 1. The van der Waals surface area contributed by atoms with E-state index < -0.39 is 11.9 Å². The Morgan fingerprint density at radius 1 is 1.04 bits per heavy atom. The van der Waals surface area contributed by atoms with Crippen LogP contribution in [0, 0.1) is 0 Å². The number of carbonyl (C=O) groups excluding carboxylic acids is 1. The highest BCUT2D eigenvalue weighted by atomic mass is 35.5. The number of carbonyl (C=O) groups is 2. The number of anilines is 1. The van der Waals surface area contributed by atoms with Crippen molar-refractivity contribution in [2.75, 3.05) is 5.32 Å². The average molecular weight is 425 g/mol. The number of rotatable bonds is 3. The fraction of sp³-hybridized carbons (Fsp3) is 0.211. The van der Waals surface area contributed by atoms with Gasteiger partial charge in [0.2, 0.25) is 0 Å². The number of halogens is 2. The summed E-state index contributed by atoms with van der Waals surface area (Å²) in [6.07, 6.45) is 0. The van der Waals surface area contributed by atoms with Crippen LogP contribution in [0.4, 0.5) is 5.69 Å². The molecule has 0 bridgehead atoms. The van der Waals surface area contributed by atoms with Gasteiger partial charge in [0.1, 0.15) is 0 Å². The molecule has 0 spiro atoms. The molecule has 0 aromatic heterocycles. The van der Waals surface area contributed by atoms with Crippen LogP contribution >= 0.6 is 35.4 Å². The lowest BCUT2D eigenvalue weighted by atomic mass is 9.87. The van der Waals surface area contributed by atoms with Crippen molar-refractivity contribution in [3.05, 3.63) is 63.1 Å². The Labute approximate surface area is 172 Å². The molecule has 0 atom stereocenters. The lowest BCUT2D eigenvalue weighted by Crippen LogP contribution is -2.34. The molecular weight excluding hydrogens is 407 g/mol. The van der Waals surface area contributed by atoms with E-state index in [0.29, 0.717) is 5.56 Å². The molecule has 8 heteroatoms. The van der Waals surface area contributed by atoms with E-state index in [-0.39, 0.29) is 31.8 Å². The first-order valence-electron chi connectivity index (χ1n) is 7.94. The minimum absolute atomic E-state index is 0.0168. The second kappa shape index (κ2) is 8.25. The third kappa shape index (κ3) is 5.42. The van der Waals surface area contributed by atoms with Crippen molar-refractivity contribution >= 4 is 58.1 Å². The molecule has 0 unspecified atom stereocenters. The van der Waals surface area contributed by atoms with Gasteiger partial charge in [-0.15, -0.1) is 0 Å². The zero-order valence-corrected chi connectivity index (χ0v) is 17.2. The predicted octanol–water partition coefficient (Wildman–Crippen LogP) is 5.12. The van der Waals surface area contributed by atoms with E-state index in [0.717, 1.165) is 5.56 Å². The van der Waals surface area contributed by atoms with Crippen LogP contribution in [-0.4, -0.2) is 22.1 Å². The zero-order valence-electron chi connectivity index (χ0n) is 14.9. The standard InChI is InChI=1S/C19H18Cl2N2O3S/c1-19(2,3)12-6-4-10(5-7-12)16(24)23-18(27)22-14-9-11(17(25)26)8-13(20)15(14)21/h4-9H,1-3H3,(H,25,26)(H2,22,23,24,27). The summed E-state index contributed by atoms with van der Waals surface area (Å²) in [5, 5.41) is 14.5. The molecule has 3 N–H and O–H groups in total. The third-order valence-corrected chi connectivity index (χ3v) is 4.77. The van der Waals surface area contributed by atoms with E-state index in [1.165, 1.54) is 12.1 Å². The summed E-state index contributed by atoms with van der Waals surface area (Å²) in [6.45, 7) is 6.25. The van der Waals surface area contributed by atoms with Crippen LogP contribution in [0.2, 0.25) is 10.0 Å². The normalized spacial score (nSPS) is 11.0. The largest absolute Gasteiger partial charge is 0.478 e. The summed E-state index contributed by atoms with van der Waals surface area (Å²) >= 11 is 17.1. The van der Waals surface area contributed by atoms with Gasteiger partial charge in [0.25, 0.3) is 5.91 Å². The van der Waals surface area contributed by atoms with Gasteiger partial charge in [0, 0.05) is 5.56 Å². The first-order valence-corrected chi connectivity index (χ1v) is 9.10. The molecule has 0 saturated carbocycles. The van der Waals surface area contributed by atoms with Crippen LogP contribution in [0.25, 0.3) is 0 Å². The van der Waals surface area contributed by atoms with E-state index in [2.05, 4.69) is 31.4 Å². The molecular formula is C19H18Cl2N2O3S. The number of amides is 1. The van der Waals surface area contributed by atoms with Crippen molar-refractivity contribution < 1.29 is 14.7 Å². The molecule has 2 aromatic rings. The maximum atomic E-state index is 12.3. The number of nitrogens with one attached hydrogen (secondary N) is 2. The number of hydrogen-bond donors (Lipinski definition) is 3. The van der Waals surface area contributed by atoms with Crippen LogP contribution in [0.15, 0.2) is 36.4 Å². The van der Waals surface area contributed by atoms with Crippen molar-refractivity contribution in [2.24, 2.45) is 0 Å². The summed E-state index contributed by atoms with van der Waals surface area (Å²) in [6, 6.07) is 9.72. The minimum Gasteiger partial charge on any atom is -0.478 e. The van der Waals surface area contributed by atoms with E-state index >= 15 is 0 Å². The quantitative estimate of drug-likeness (QED) is 0.596. The van der Waals surface area contributed by atoms with Crippen molar-refractivity contribution in [2.45, 2.75) is 26.2 Å². The summed E-state index contributed by atoms with van der Waals surface area (Å²) in [4.78, 5) is 23.5. The SMILES string of the molecule is CC(C)(C)c1ccc(C(=O)NC(=S)Nc2cc(C(=O)O)cc(Cl)c2Cl)cc1. The second-order valence-corrected chi connectivity index (χ2v) is 8.05. The van der Waals surface area contributed by atoms with Crippen molar-refractivity contribution in [3.8, 4) is 0 Å². The zero-order chi connectivity index (χ0) is 20.4. The van der Waals surface area contributed by atoms with E-state index in [4.69, 9.17) is 40.5 Å². The molecule has 0 aliphatic rings. The first kappa shape index (κ1) is 21.2. The number of benzene rings is 2. The Morgan fingerprint density at radius 2 is 1.63 bits per heavy atom. The van der Waals surface area contributed by atoms with Crippen LogP contribution in [-0.2, 0) is 5.41 Å². The first-order chi connectivity index (χ1) is 12.5. The minimum atomic E-state index is -1.16. The second-order valence-electron chi connectivity index (χ2n) is 6.86. The van der Waals surface area contributed by atoms with Gasteiger partial charge in [-0.1, -0.05) is 56.1 Å². The molecule has 0 saturated heterocycles. The van der Waals surface area contributed by atoms with Gasteiger partial charge in [0.05, 0.1) is 21.3 Å². The highest BCUT2D eigenvalue weighted by molar-refractivity contribution is 7.80. The van der Waals surface area contributed by atoms with Crippen molar-refractivity contribution in [1.82, 2.24) is 5.32 Å². The van der Waals surface area contributed by atoms with Gasteiger partial charge < -0.3 is 10.4 Å². The summed E-state index contributed by atoms with van der Waals surface area (Å²) < 4.78 is 0. The van der Waals surface area contributed by atoms with Gasteiger partial charge in [-0.2, -0.15) is 0 Å². The van der Waals surface area contributed by atoms with Gasteiger partial charge in [-0.3, -0.25) is 10.1 Å². The Morgan fingerprint density at radius 3 is 2.15 bits per heavy atom. The number of hydrogen-bond acceptors (Lipinski definition) is 3. The highest BCUT2D eigenvalue weighted by Gasteiger charge is 2.16. The summed E-state index contributed by atoms with van der Waals surface area (Å²) in [7, 11) is 0. The highest BCUT2D eigenvalue weighted by Crippen LogP contribution is 2.31. The molecule has 5 nitrogen and oxygen atoms in total. The Hall–Kier alpha value is -2.15. The molecule has 0 heterocycles. The fourth-order valence-corrected chi connectivity index (χ4v) is 2.83. The average Bonchev–Trinajstić information content (AvgIpc) is 2.57. The van der Waals surface area contributed by atoms with Gasteiger partial charge >= 0.3 is 5.97 Å². The smallest absolute Gasteiger partial charge is 0.335 e. The Bertz CT molecular complexity index is 906. The van der Waals surface area contributed by atoms with Gasteiger partial charge in [0.15, 0.2) is 5.11 Å². The van der Waals surface area contributed by atoms with Crippen LogP contribution in [0.1, 0.15) is 47.1 Å². The maximum Gasteiger partial charge on any atom is 0.335 e. The fourth-order valence-electron chi connectivity index (χ4n) is 2.25. The number of aromatic carboxylic acids is 1. The molecule has 2 rings (SSSR count).